The normalized spacial score (nSPS) is 21.4. The van der Waals surface area contributed by atoms with Crippen molar-refractivity contribution >= 4 is 11.7 Å². The molecule has 0 saturated carbocycles. The molecule has 2 rings (SSSR count). The molecule has 1 saturated heterocycles. The van der Waals surface area contributed by atoms with Gasteiger partial charge in [-0.2, -0.15) is 0 Å². The number of nitrogens with one attached hydrogen (secondary N) is 2. The summed E-state index contributed by atoms with van der Waals surface area (Å²) in [4.78, 5) is 22.5. The number of hydrogen-bond acceptors (Lipinski definition) is 5. The van der Waals surface area contributed by atoms with Gasteiger partial charge in [0.2, 0.25) is 0 Å². The lowest BCUT2D eigenvalue weighted by atomic mass is 9.98. The van der Waals surface area contributed by atoms with E-state index < -0.39 is 4.92 Å². The molecule has 0 aromatic carbocycles. The lowest BCUT2D eigenvalue weighted by Gasteiger charge is -2.28. The van der Waals surface area contributed by atoms with Crippen molar-refractivity contribution < 1.29 is 14.5 Å². The first kappa shape index (κ1) is 15.5. The number of nitrogens with zero attached hydrogens (tertiary/aromatic N) is 2. The Balaban J connectivity index is 2.03. The predicted molar refractivity (Wildman–Crippen MR) is 76.2 cm³/mol. The van der Waals surface area contributed by atoms with Crippen molar-refractivity contribution in [2.75, 3.05) is 26.8 Å². The molecule has 21 heavy (non-hydrogen) atoms. The summed E-state index contributed by atoms with van der Waals surface area (Å²) in [7, 11) is 3.13. The minimum Gasteiger partial charge on any atom is -0.383 e. The van der Waals surface area contributed by atoms with Gasteiger partial charge in [0.25, 0.3) is 5.91 Å². The number of ether oxygens (including phenoxy) is 1. The van der Waals surface area contributed by atoms with Gasteiger partial charge in [-0.05, 0) is 30.4 Å². The molecule has 1 unspecified atom stereocenters. The highest BCUT2D eigenvalue weighted by atomic mass is 16.6. The molecule has 0 spiro atoms. The van der Waals surface area contributed by atoms with Crippen molar-refractivity contribution in [2.24, 2.45) is 7.05 Å². The molecular weight excluding hydrogens is 276 g/mol. The highest BCUT2D eigenvalue weighted by Gasteiger charge is 2.34. The van der Waals surface area contributed by atoms with Crippen molar-refractivity contribution in [3.8, 4) is 0 Å². The maximum absolute atomic E-state index is 12.2. The van der Waals surface area contributed by atoms with Gasteiger partial charge in [-0.15, -0.1) is 0 Å². The highest BCUT2D eigenvalue weighted by Crippen LogP contribution is 2.19. The molecular formula is C13H20N4O4. The van der Waals surface area contributed by atoms with Crippen molar-refractivity contribution in [2.45, 2.75) is 18.4 Å². The average molecular weight is 296 g/mol. The van der Waals surface area contributed by atoms with Crippen LogP contribution in [0.3, 0.4) is 0 Å². The smallest absolute Gasteiger partial charge is 0.323 e. The fourth-order valence-electron chi connectivity index (χ4n) is 2.72. The van der Waals surface area contributed by atoms with E-state index in [9.17, 15) is 14.9 Å². The molecule has 1 aliphatic heterocycles. The Hall–Kier alpha value is -1.93. The second-order valence-electron chi connectivity index (χ2n) is 5.32. The average Bonchev–Trinajstić information content (AvgIpc) is 3.04. The van der Waals surface area contributed by atoms with Gasteiger partial charge >= 0.3 is 5.82 Å². The zero-order chi connectivity index (χ0) is 15.5. The largest absolute Gasteiger partial charge is 0.383 e. The monoisotopic (exact) mass is 296 g/mol. The molecule has 0 radical (unpaired) electrons. The number of carbonyl (C=O) groups excluding carboxylic acids is 1. The number of nitro groups is 1. The second-order valence-corrected chi connectivity index (χ2v) is 5.32. The highest BCUT2D eigenvalue weighted by molar-refractivity contribution is 5.93. The van der Waals surface area contributed by atoms with Gasteiger partial charge < -0.3 is 25.5 Å². The zero-order valence-electron chi connectivity index (χ0n) is 12.2. The van der Waals surface area contributed by atoms with E-state index in [0.29, 0.717) is 13.2 Å². The summed E-state index contributed by atoms with van der Waals surface area (Å²) in [5.74, 6) is -0.430. The van der Waals surface area contributed by atoms with Gasteiger partial charge in [-0.1, -0.05) is 0 Å². The lowest BCUT2D eigenvalue weighted by molar-refractivity contribution is -0.391. The van der Waals surface area contributed by atoms with E-state index >= 15 is 0 Å². The Kier molecular flexibility index (Phi) is 4.59. The van der Waals surface area contributed by atoms with Crippen molar-refractivity contribution in [1.29, 1.82) is 0 Å². The van der Waals surface area contributed by atoms with E-state index in [1.165, 1.54) is 23.7 Å². The van der Waals surface area contributed by atoms with Crippen LogP contribution in [0, 0.1) is 10.1 Å². The fourth-order valence-corrected chi connectivity index (χ4v) is 2.72. The van der Waals surface area contributed by atoms with Crippen molar-refractivity contribution in [1.82, 2.24) is 15.2 Å². The number of carbonyl (C=O) groups is 1. The summed E-state index contributed by atoms with van der Waals surface area (Å²) in [6.07, 6.45) is 1.96. The van der Waals surface area contributed by atoms with Gasteiger partial charge in [-0.3, -0.25) is 4.79 Å². The van der Waals surface area contributed by atoms with Gasteiger partial charge in [-0.25, -0.2) is 4.57 Å². The Morgan fingerprint density at radius 2 is 2.38 bits per heavy atom. The van der Waals surface area contributed by atoms with E-state index in [2.05, 4.69) is 10.6 Å². The molecule has 0 bridgehead atoms. The van der Waals surface area contributed by atoms with Gasteiger partial charge in [0, 0.05) is 19.7 Å². The number of amides is 1. The molecule has 1 amide bonds. The summed E-state index contributed by atoms with van der Waals surface area (Å²) in [6.45, 7) is 1.84. The summed E-state index contributed by atoms with van der Waals surface area (Å²) in [5.41, 5.74) is 0.0221. The van der Waals surface area contributed by atoms with Crippen LogP contribution in [-0.4, -0.2) is 47.7 Å². The van der Waals surface area contributed by atoms with Crippen LogP contribution in [0.5, 0.6) is 0 Å². The molecule has 0 aliphatic carbocycles. The molecule has 2 heterocycles. The second kappa shape index (κ2) is 6.23. The predicted octanol–water partition coefficient (Wildman–Crippen LogP) is 0.432. The van der Waals surface area contributed by atoms with Gasteiger partial charge in [0.05, 0.1) is 19.2 Å². The first-order valence-electron chi connectivity index (χ1n) is 6.81. The summed E-state index contributed by atoms with van der Waals surface area (Å²) < 4.78 is 6.50. The topological polar surface area (TPSA) is 98.4 Å². The number of aromatic nitrogens is 1. The van der Waals surface area contributed by atoms with Crippen LogP contribution in [0.2, 0.25) is 0 Å². The zero-order valence-corrected chi connectivity index (χ0v) is 12.2. The van der Waals surface area contributed by atoms with Gasteiger partial charge in [0.1, 0.15) is 0 Å². The molecule has 8 heteroatoms. The van der Waals surface area contributed by atoms with Gasteiger partial charge in [0.15, 0.2) is 5.69 Å². The third kappa shape index (κ3) is 3.22. The number of rotatable bonds is 6. The Morgan fingerprint density at radius 1 is 1.62 bits per heavy atom. The first-order chi connectivity index (χ1) is 9.99. The molecule has 116 valence electrons. The number of hydrogen-bond donors (Lipinski definition) is 2. The summed E-state index contributed by atoms with van der Waals surface area (Å²) >= 11 is 0. The fraction of sp³-hybridized carbons (Fsp3) is 0.615. The SMILES string of the molecule is COCC1(CNC(=O)c2ccc([N+](=O)[O-])n2C)CCCN1. The molecule has 8 nitrogen and oxygen atoms in total. The van der Waals surface area contributed by atoms with E-state index in [1.807, 2.05) is 0 Å². The molecule has 1 aliphatic rings. The van der Waals surface area contributed by atoms with E-state index in [-0.39, 0.29) is 23.0 Å². The van der Waals surface area contributed by atoms with Crippen molar-refractivity contribution in [3.05, 3.63) is 27.9 Å². The molecule has 1 aromatic rings. The Labute approximate surface area is 122 Å². The van der Waals surface area contributed by atoms with Crippen LogP contribution in [0.1, 0.15) is 23.3 Å². The third-order valence-electron chi connectivity index (χ3n) is 3.86. The van der Waals surface area contributed by atoms with Crippen LogP contribution >= 0.6 is 0 Å². The van der Waals surface area contributed by atoms with Crippen LogP contribution < -0.4 is 10.6 Å². The maximum atomic E-state index is 12.2. The Bertz CT molecular complexity index is 534. The molecule has 1 fully saturated rings. The molecule has 1 aromatic heterocycles. The van der Waals surface area contributed by atoms with E-state index in [1.54, 1.807) is 7.11 Å². The van der Waals surface area contributed by atoms with Crippen LogP contribution in [0.15, 0.2) is 12.1 Å². The molecule has 2 N–H and O–H groups in total. The van der Waals surface area contributed by atoms with Crippen LogP contribution in [-0.2, 0) is 11.8 Å². The first-order valence-corrected chi connectivity index (χ1v) is 6.81. The summed E-state index contributed by atoms with van der Waals surface area (Å²) in [5, 5.41) is 17.0. The lowest BCUT2D eigenvalue weighted by Crippen LogP contribution is -2.53. The van der Waals surface area contributed by atoms with E-state index in [4.69, 9.17) is 4.74 Å². The minimum atomic E-state index is -0.512. The van der Waals surface area contributed by atoms with Crippen LogP contribution in [0.25, 0.3) is 0 Å². The van der Waals surface area contributed by atoms with E-state index in [0.717, 1.165) is 19.4 Å². The minimum absolute atomic E-state index is 0.106. The number of methoxy groups -OCH3 is 1. The Morgan fingerprint density at radius 3 is 2.90 bits per heavy atom. The maximum Gasteiger partial charge on any atom is 0.323 e. The quantitative estimate of drug-likeness (QED) is 0.586. The molecule has 1 atom stereocenters. The third-order valence-corrected chi connectivity index (χ3v) is 3.86. The summed E-state index contributed by atoms with van der Waals surface area (Å²) in [6, 6.07) is 2.78. The standard InChI is InChI=1S/C13H20N4O4/c1-16-10(4-5-11(16)17(19)20)12(18)14-8-13(9-21-2)6-3-7-15-13/h4-5,15H,3,6-9H2,1-2H3,(H,14,18). The van der Waals surface area contributed by atoms with Crippen molar-refractivity contribution in [3.63, 3.8) is 0 Å². The van der Waals surface area contributed by atoms with Crippen LogP contribution in [0.4, 0.5) is 5.82 Å².